The fraction of sp³-hybridized carbons (Fsp3) is 0.143. The Morgan fingerprint density at radius 2 is 1.90 bits per heavy atom. The topological polar surface area (TPSA) is 85.6 Å². The van der Waals surface area contributed by atoms with Crippen LogP contribution in [-0.2, 0) is 17.8 Å². The van der Waals surface area contributed by atoms with Crippen molar-refractivity contribution in [3.8, 4) is 0 Å². The predicted octanol–water partition coefficient (Wildman–Crippen LogP) is 3.81. The Hall–Kier alpha value is -3.52. The van der Waals surface area contributed by atoms with Gasteiger partial charge in [0.15, 0.2) is 0 Å². The van der Waals surface area contributed by atoms with Crippen LogP contribution in [0.25, 0.3) is 4.96 Å². The summed E-state index contributed by atoms with van der Waals surface area (Å²) in [5, 5.41) is 8.25. The van der Waals surface area contributed by atoms with E-state index < -0.39 is 5.97 Å². The smallest absolute Gasteiger partial charge is 0.340 e. The van der Waals surface area contributed by atoms with Gasteiger partial charge in [0.1, 0.15) is 11.6 Å². The number of anilines is 2. The molecule has 0 saturated heterocycles. The zero-order chi connectivity index (χ0) is 20.2. The van der Waals surface area contributed by atoms with Crippen molar-refractivity contribution in [2.45, 2.75) is 20.0 Å². The highest BCUT2D eigenvalue weighted by molar-refractivity contribution is 7.16. The molecule has 0 aliphatic rings. The van der Waals surface area contributed by atoms with Gasteiger partial charge in [0.05, 0.1) is 16.9 Å². The number of rotatable bonds is 6. The lowest BCUT2D eigenvalue weighted by Gasteiger charge is -2.11. The summed E-state index contributed by atoms with van der Waals surface area (Å²) in [7, 11) is 0. The Kier molecular flexibility index (Phi) is 5.35. The van der Waals surface area contributed by atoms with Crippen LogP contribution in [0.4, 0.5) is 11.4 Å². The first kappa shape index (κ1) is 18.8. The number of para-hydroxylation sites is 2. The van der Waals surface area contributed by atoms with Gasteiger partial charge in [-0.05, 0) is 30.7 Å². The number of esters is 1. The van der Waals surface area contributed by atoms with Gasteiger partial charge in [0.2, 0.25) is 4.96 Å². The number of fused-ring (bicyclic) bond motifs is 1. The molecule has 0 amide bonds. The second-order valence-electron chi connectivity index (χ2n) is 6.24. The van der Waals surface area contributed by atoms with E-state index in [-0.39, 0.29) is 12.2 Å². The number of benzene rings is 2. The molecule has 0 saturated carbocycles. The molecule has 0 aliphatic carbocycles. The number of ether oxygens (including phenoxy) is 1. The SMILES string of the molecule is CCc1nn2c(=O)cc(COC(=O)c3ccccc3Nc3ccccc3)nc2s1. The summed E-state index contributed by atoms with van der Waals surface area (Å²) in [6.07, 6.45) is 0.725. The molecule has 0 atom stereocenters. The minimum atomic E-state index is -0.496. The van der Waals surface area contributed by atoms with Crippen molar-refractivity contribution >= 4 is 33.6 Å². The van der Waals surface area contributed by atoms with E-state index in [1.165, 1.54) is 21.9 Å². The number of aromatic nitrogens is 3. The highest BCUT2D eigenvalue weighted by Gasteiger charge is 2.14. The highest BCUT2D eigenvalue weighted by atomic mass is 32.1. The first-order chi connectivity index (χ1) is 14.1. The van der Waals surface area contributed by atoms with Crippen molar-refractivity contribution in [1.82, 2.24) is 14.6 Å². The average Bonchev–Trinajstić information content (AvgIpc) is 3.17. The molecule has 7 nitrogen and oxygen atoms in total. The molecule has 4 rings (SSSR count). The number of aryl methyl sites for hydroxylation is 1. The van der Waals surface area contributed by atoms with Gasteiger partial charge < -0.3 is 10.1 Å². The van der Waals surface area contributed by atoms with E-state index in [0.717, 1.165) is 17.1 Å². The summed E-state index contributed by atoms with van der Waals surface area (Å²) < 4.78 is 6.70. The molecule has 1 N–H and O–H groups in total. The fourth-order valence-corrected chi connectivity index (χ4v) is 3.63. The number of nitrogens with zero attached hydrogens (tertiary/aromatic N) is 3. The van der Waals surface area contributed by atoms with Gasteiger partial charge in [-0.1, -0.05) is 48.6 Å². The maximum atomic E-state index is 12.6. The van der Waals surface area contributed by atoms with Gasteiger partial charge in [-0.2, -0.15) is 9.61 Å². The van der Waals surface area contributed by atoms with E-state index in [9.17, 15) is 9.59 Å². The second kappa shape index (κ2) is 8.24. The minimum Gasteiger partial charge on any atom is -0.456 e. The zero-order valence-electron chi connectivity index (χ0n) is 15.7. The predicted molar refractivity (Wildman–Crippen MR) is 112 cm³/mol. The Balaban J connectivity index is 1.52. The summed E-state index contributed by atoms with van der Waals surface area (Å²) >= 11 is 1.35. The summed E-state index contributed by atoms with van der Waals surface area (Å²) in [6.45, 7) is 1.87. The number of hydrogen-bond acceptors (Lipinski definition) is 7. The van der Waals surface area contributed by atoms with Crippen molar-refractivity contribution in [3.05, 3.63) is 87.3 Å². The highest BCUT2D eigenvalue weighted by Crippen LogP contribution is 2.22. The second-order valence-corrected chi connectivity index (χ2v) is 7.28. The quantitative estimate of drug-likeness (QED) is 0.490. The third-order valence-corrected chi connectivity index (χ3v) is 5.25. The molecule has 2 aromatic heterocycles. The van der Waals surface area contributed by atoms with Crippen LogP contribution in [-0.4, -0.2) is 20.6 Å². The van der Waals surface area contributed by atoms with Crippen molar-refractivity contribution in [2.75, 3.05) is 5.32 Å². The summed E-state index contributed by atoms with van der Waals surface area (Å²) in [5.74, 6) is -0.496. The van der Waals surface area contributed by atoms with E-state index in [1.807, 2.05) is 49.4 Å². The van der Waals surface area contributed by atoms with Crippen LogP contribution >= 0.6 is 11.3 Å². The van der Waals surface area contributed by atoms with Gasteiger partial charge in [-0.3, -0.25) is 4.79 Å². The van der Waals surface area contributed by atoms with Crippen LogP contribution in [0, 0.1) is 0 Å². The molecule has 146 valence electrons. The molecular formula is C21H18N4O3S. The van der Waals surface area contributed by atoms with Crippen LogP contribution in [0.1, 0.15) is 28.0 Å². The van der Waals surface area contributed by atoms with Crippen molar-refractivity contribution in [2.24, 2.45) is 0 Å². The minimum absolute atomic E-state index is 0.0936. The lowest BCUT2D eigenvalue weighted by molar-refractivity contribution is 0.0469. The lowest BCUT2D eigenvalue weighted by atomic mass is 10.1. The molecule has 0 aliphatic heterocycles. The maximum absolute atomic E-state index is 12.6. The third kappa shape index (κ3) is 4.17. The summed E-state index contributed by atoms with van der Waals surface area (Å²) in [4.78, 5) is 29.7. The molecule has 8 heteroatoms. The molecule has 4 aromatic rings. The summed E-state index contributed by atoms with van der Waals surface area (Å²) in [6, 6.07) is 18.0. The van der Waals surface area contributed by atoms with E-state index in [4.69, 9.17) is 4.74 Å². The largest absolute Gasteiger partial charge is 0.456 e. The van der Waals surface area contributed by atoms with Crippen LogP contribution in [0.3, 0.4) is 0 Å². The normalized spacial score (nSPS) is 10.8. The number of carbonyl (C=O) groups is 1. The van der Waals surface area contributed by atoms with Gasteiger partial charge in [0, 0.05) is 11.8 Å². The Morgan fingerprint density at radius 3 is 2.69 bits per heavy atom. The maximum Gasteiger partial charge on any atom is 0.340 e. The van der Waals surface area contributed by atoms with Crippen LogP contribution in [0.15, 0.2) is 65.5 Å². The fourth-order valence-electron chi connectivity index (χ4n) is 2.78. The van der Waals surface area contributed by atoms with Gasteiger partial charge >= 0.3 is 5.97 Å². The van der Waals surface area contributed by atoms with Gasteiger partial charge in [-0.15, -0.1) is 0 Å². The Morgan fingerprint density at radius 1 is 1.14 bits per heavy atom. The molecular weight excluding hydrogens is 388 g/mol. The Labute approximate surface area is 170 Å². The first-order valence-corrected chi connectivity index (χ1v) is 9.92. The number of hydrogen-bond donors (Lipinski definition) is 1. The number of nitrogens with one attached hydrogen (secondary N) is 1. The van der Waals surface area contributed by atoms with E-state index >= 15 is 0 Å². The van der Waals surface area contributed by atoms with E-state index in [0.29, 0.717) is 21.9 Å². The molecule has 2 heterocycles. The molecule has 0 spiro atoms. The standard InChI is InChI=1S/C21H18N4O3S/c1-2-18-24-25-19(26)12-15(23-21(25)29-18)13-28-20(27)16-10-6-7-11-17(16)22-14-8-4-3-5-9-14/h3-12,22H,2,13H2,1H3. The molecule has 2 aromatic carbocycles. The third-order valence-electron chi connectivity index (χ3n) is 4.19. The van der Waals surface area contributed by atoms with Crippen molar-refractivity contribution in [1.29, 1.82) is 0 Å². The average molecular weight is 406 g/mol. The monoisotopic (exact) mass is 406 g/mol. The van der Waals surface area contributed by atoms with Gasteiger partial charge in [0.25, 0.3) is 5.56 Å². The van der Waals surface area contributed by atoms with Crippen LogP contribution in [0.2, 0.25) is 0 Å². The summed E-state index contributed by atoms with van der Waals surface area (Å²) in [5.41, 5.74) is 2.01. The zero-order valence-corrected chi connectivity index (χ0v) is 16.5. The molecule has 0 bridgehead atoms. The molecule has 0 unspecified atom stereocenters. The van der Waals surface area contributed by atoms with E-state index in [1.54, 1.807) is 12.1 Å². The Bertz CT molecular complexity index is 1220. The van der Waals surface area contributed by atoms with Gasteiger partial charge in [-0.25, -0.2) is 9.78 Å². The molecule has 29 heavy (non-hydrogen) atoms. The van der Waals surface area contributed by atoms with Crippen molar-refractivity contribution < 1.29 is 9.53 Å². The number of carbonyl (C=O) groups excluding carboxylic acids is 1. The lowest BCUT2D eigenvalue weighted by Crippen LogP contribution is -2.17. The molecule has 0 radical (unpaired) electrons. The van der Waals surface area contributed by atoms with Crippen LogP contribution < -0.4 is 10.9 Å². The first-order valence-electron chi connectivity index (χ1n) is 9.11. The van der Waals surface area contributed by atoms with Crippen molar-refractivity contribution in [3.63, 3.8) is 0 Å². The molecule has 0 fully saturated rings. The van der Waals surface area contributed by atoms with Crippen LogP contribution in [0.5, 0.6) is 0 Å². The van der Waals surface area contributed by atoms with E-state index in [2.05, 4.69) is 15.4 Å².